The van der Waals surface area contributed by atoms with Crippen molar-refractivity contribution < 1.29 is 9.59 Å². The first-order valence-corrected chi connectivity index (χ1v) is 8.97. The molecule has 1 aromatic heterocycles. The van der Waals surface area contributed by atoms with E-state index >= 15 is 0 Å². The zero-order valence-corrected chi connectivity index (χ0v) is 16.0. The lowest BCUT2D eigenvalue weighted by Gasteiger charge is -2.29. The van der Waals surface area contributed by atoms with Crippen molar-refractivity contribution in [3.8, 4) is 0 Å². The van der Waals surface area contributed by atoms with Gasteiger partial charge in [-0.3, -0.25) is 19.4 Å². The number of hydrogen-bond donors (Lipinski definition) is 1. The number of nitrogens with zero attached hydrogens (tertiary/aromatic N) is 3. The maximum atomic E-state index is 13.3. The molecule has 1 aromatic carbocycles. The predicted octanol–water partition coefficient (Wildman–Crippen LogP) is 3.31. The molecule has 0 saturated carbocycles. The summed E-state index contributed by atoms with van der Waals surface area (Å²) >= 11 is 0. The van der Waals surface area contributed by atoms with Crippen molar-refractivity contribution in [3.63, 3.8) is 0 Å². The van der Waals surface area contributed by atoms with Crippen molar-refractivity contribution in [1.29, 1.82) is 0 Å². The summed E-state index contributed by atoms with van der Waals surface area (Å²) in [5.74, 6) is -0.163. The van der Waals surface area contributed by atoms with Gasteiger partial charge in [0.25, 0.3) is 5.91 Å². The largest absolute Gasteiger partial charge is 0.353 e. The first-order valence-electron chi connectivity index (χ1n) is 8.97. The van der Waals surface area contributed by atoms with Gasteiger partial charge < -0.3 is 9.88 Å². The quantitative estimate of drug-likeness (QED) is 0.916. The Balaban J connectivity index is 2.26. The number of aromatic nitrogens is 1. The lowest BCUT2D eigenvalue weighted by atomic mass is 10.1. The number of carbonyl (C=O) groups is 2. The molecule has 2 heterocycles. The lowest BCUT2D eigenvalue weighted by Crippen LogP contribution is -2.42. The molecule has 3 rings (SSSR count). The number of aromatic amines is 1. The topological polar surface area (TPSA) is 59.7 Å². The average Bonchev–Trinajstić information content (AvgIpc) is 2.96. The maximum absolute atomic E-state index is 13.3. The smallest absolute Gasteiger partial charge is 0.276 e. The molecule has 6 nitrogen and oxygen atoms in total. The van der Waals surface area contributed by atoms with Crippen LogP contribution >= 0.6 is 0 Å². The van der Waals surface area contributed by atoms with Gasteiger partial charge in [-0.25, -0.2) is 0 Å². The zero-order chi connectivity index (χ0) is 19.0. The van der Waals surface area contributed by atoms with Crippen molar-refractivity contribution >= 4 is 28.9 Å². The molecule has 1 aliphatic rings. The van der Waals surface area contributed by atoms with Gasteiger partial charge in [0.15, 0.2) is 0 Å². The van der Waals surface area contributed by atoms with Gasteiger partial charge in [-0.15, -0.1) is 0 Å². The van der Waals surface area contributed by atoms with Crippen molar-refractivity contribution in [2.45, 2.75) is 33.2 Å². The summed E-state index contributed by atoms with van der Waals surface area (Å²) in [6.07, 6.45) is 0.831. The lowest BCUT2D eigenvalue weighted by molar-refractivity contribution is -0.121. The van der Waals surface area contributed by atoms with Crippen molar-refractivity contribution in [2.75, 3.05) is 30.4 Å². The highest BCUT2D eigenvalue weighted by atomic mass is 16.2. The van der Waals surface area contributed by atoms with Crippen LogP contribution in [0.1, 0.15) is 36.5 Å². The van der Waals surface area contributed by atoms with Crippen LogP contribution in [0, 0.1) is 6.92 Å². The Hall–Kier alpha value is -2.60. The van der Waals surface area contributed by atoms with Crippen LogP contribution in [-0.4, -0.2) is 48.4 Å². The summed E-state index contributed by atoms with van der Waals surface area (Å²) in [4.78, 5) is 35.0. The Labute approximate surface area is 154 Å². The number of nitrogens with one attached hydrogen (secondary N) is 1. The molecule has 1 atom stereocenters. The van der Waals surface area contributed by atoms with Gasteiger partial charge in [0.05, 0.1) is 23.1 Å². The third-order valence-electron chi connectivity index (χ3n) is 4.84. The normalized spacial score (nSPS) is 14.9. The summed E-state index contributed by atoms with van der Waals surface area (Å²) < 4.78 is 0. The number of amides is 2. The summed E-state index contributed by atoms with van der Waals surface area (Å²) in [6, 6.07) is 9.17. The first-order chi connectivity index (χ1) is 12.4. The van der Waals surface area contributed by atoms with E-state index < -0.39 is 0 Å². The number of carbonyl (C=O) groups excluding carboxylic acids is 2. The number of aryl methyl sites for hydroxylation is 1. The van der Waals surface area contributed by atoms with E-state index in [0.29, 0.717) is 17.9 Å². The third-order valence-corrected chi connectivity index (χ3v) is 4.84. The van der Waals surface area contributed by atoms with E-state index in [1.165, 1.54) is 0 Å². The third kappa shape index (κ3) is 2.90. The second-order valence-electron chi connectivity index (χ2n) is 6.97. The highest BCUT2D eigenvalue weighted by Gasteiger charge is 2.36. The van der Waals surface area contributed by atoms with Gasteiger partial charge in [0.1, 0.15) is 5.69 Å². The number of para-hydroxylation sites is 2. The minimum Gasteiger partial charge on any atom is -0.353 e. The van der Waals surface area contributed by atoms with Crippen LogP contribution < -0.4 is 9.80 Å². The van der Waals surface area contributed by atoms with Crippen molar-refractivity contribution in [3.05, 3.63) is 41.7 Å². The second kappa shape index (κ2) is 6.96. The van der Waals surface area contributed by atoms with Crippen molar-refractivity contribution in [1.82, 2.24) is 9.88 Å². The molecule has 26 heavy (non-hydrogen) atoms. The molecule has 1 aliphatic heterocycles. The van der Waals surface area contributed by atoms with Gasteiger partial charge >= 0.3 is 0 Å². The van der Waals surface area contributed by atoms with E-state index in [1.54, 1.807) is 9.80 Å². The fourth-order valence-corrected chi connectivity index (χ4v) is 3.26. The SMILES string of the molecule is CCCN1C(=O)c2[nH]c(C)cc2N(C(=O)C(C)N(C)C)c2ccccc21. The fraction of sp³-hybridized carbons (Fsp3) is 0.400. The fourth-order valence-electron chi connectivity index (χ4n) is 3.26. The van der Waals surface area contributed by atoms with Crippen LogP contribution in [0.15, 0.2) is 30.3 Å². The second-order valence-corrected chi connectivity index (χ2v) is 6.97. The van der Waals surface area contributed by atoms with Crippen molar-refractivity contribution in [2.24, 2.45) is 0 Å². The molecule has 0 aliphatic carbocycles. The van der Waals surface area contributed by atoms with Gasteiger partial charge in [0.2, 0.25) is 5.91 Å². The summed E-state index contributed by atoms with van der Waals surface area (Å²) in [7, 11) is 3.76. The van der Waals surface area contributed by atoms with Crippen LogP contribution in [0.2, 0.25) is 0 Å². The van der Waals surface area contributed by atoms with Gasteiger partial charge in [-0.2, -0.15) is 0 Å². The standard InChI is InChI=1S/C20H26N4O2/c1-6-11-23-15-9-7-8-10-16(15)24(19(25)14(3)22(4)5)17-12-13(2)21-18(17)20(23)26/h7-10,12,14,21H,6,11H2,1-5H3. The molecule has 1 N–H and O–H groups in total. The molecule has 6 heteroatoms. The Bertz CT molecular complexity index is 840. The average molecular weight is 354 g/mol. The number of benzene rings is 1. The Kier molecular flexibility index (Phi) is 4.87. The molecule has 0 spiro atoms. The minimum atomic E-state index is -0.320. The molecule has 2 aromatic rings. The minimum absolute atomic E-state index is 0.0613. The highest BCUT2D eigenvalue weighted by Crippen LogP contribution is 2.41. The Morgan fingerprint density at radius 2 is 1.85 bits per heavy atom. The van der Waals surface area contributed by atoms with Gasteiger partial charge in [0, 0.05) is 12.2 Å². The maximum Gasteiger partial charge on any atom is 0.276 e. The molecule has 0 bridgehead atoms. The molecule has 2 amide bonds. The summed E-state index contributed by atoms with van der Waals surface area (Å²) in [5.41, 5.74) is 3.45. The van der Waals surface area contributed by atoms with Crippen LogP contribution in [0.5, 0.6) is 0 Å². The van der Waals surface area contributed by atoms with E-state index in [1.807, 2.05) is 70.1 Å². The summed E-state index contributed by atoms with van der Waals surface area (Å²) in [5, 5.41) is 0. The number of anilines is 3. The highest BCUT2D eigenvalue weighted by molar-refractivity contribution is 6.18. The van der Waals surface area contributed by atoms with Crippen LogP contribution in [0.4, 0.5) is 17.1 Å². The Morgan fingerprint density at radius 1 is 1.19 bits per heavy atom. The molecule has 0 radical (unpaired) electrons. The zero-order valence-electron chi connectivity index (χ0n) is 16.0. The number of rotatable bonds is 4. The molecule has 138 valence electrons. The monoisotopic (exact) mass is 354 g/mol. The van der Waals surface area contributed by atoms with E-state index in [2.05, 4.69) is 4.98 Å². The molecule has 0 saturated heterocycles. The van der Waals surface area contributed by atoms with Crippen LogP contribution in [0.25, 0.3) is 0 Å². The number of likely N-dealkylation sites (N-methyl/N-ethyl adjacent to an activating group) is 1. The number of hydrogen-bond acceptors (Lipinski definition) is 3. The van der Waals surface area contributed by atoms with E-state index in [0.717, 1.165) is 23.5 Å². The molecular formula is C20H26N4O2. The van der Waals surface area contributed by atoms with Crippen LogP contribution in [0.3, 0.4) is 0 Å². The number of fused-ring (bicyclic) bond motifs is 2. The van der Waals surface area contributed by atoms with E-state index in [4.69, 9.17) is 0 Å². The first kappa shape index (κ1) is 18.2. The van der Waals surface area contributed by atoms with E-state index in [9.17, 15) is 9.59 Å². The van der Waals surface area contributed by atoms with E-state index in [-0.39, 0.29) is 17.9 Å². The Morgan fingerprint density at radius 3 is 2.46 bits per heavy atom. The van der Waals surface area contributed by atoms with Gasteiger partial charge in [-0.05, 0) is 52.6 Å². The number of H-pyrrole nitrogens is 1. The summed E-state index contributed by atoms with van der Waals surface area (Å²) in [6.45, 7) is 6.41. The van der Waals surface area contributed by atoms with Gasteiger partial charge in [-0.1, -0.05) is 19.1 Å². The molecular weight excluding hydrogens is 328 g/mol. The van der Waals surface area contributed by atoms with Crippen LogP contribution in [-0.2, 0) is 4.79 Å². The molecule has 0 fully saturated rings. The predicted molar refractivity (Wildman–Crippen MR) is 104 cm³/mol. The molecule has 1 unspecified atom stereocenters.